The zero-order valence-electron chi connectivity index (χ0n) is 9.29. The number of carbonyl (C=O) groups is 2. The number of rotatable bonds is 8. The van der Waals surface area contributed by atoms with Gasteiger partial charge in [0.05, 0.1) is 6.54 Å². The summed E-state index contributed by atoms with van der Waals surface area (Å²) in [6, 6.07) is 0. The molecule has 0 aromatic carbocycles. The summed E-state index contributed by atoms with van der Waals surface area (Å²) in [5, 5.41) is 2.46. The van der Waals surface area contributed by atoms with E-state index in [9.17, 15) is 9.59 Å². The fraction of sp³-hybridized carbons (Fsp3) is 0.800. The van der Waals surface area contributed by atoms with Crippen molar-refractivity contribution in [2.45, 2.75) is 32.6 Å². The van der Waals surface area contributed by atoms with E-state index in [2.05, 4.69) is 12.2 Å². The van der Waals surface area contributed by atoms with Gasteiger partial charge in [0.15, 0.2) is 0 Å². The van der Waals surface area contributed by atoms with Crippen molar-refractivity contribution in [3.05, 3.63) is 0 Å². The van der Waals surface area contributed by atoms with Crippen molar-refractivity contribution >= 4 is 11.8 Å². The predicted molar refractivity (Wildman–Crippen MR) is 58.9 cm³/mol. The Labute approximate surface area is 90.6 Å². The first kappa shape index (κ1) is 13.9. The second-order valence-electron chi connectivity index (χ2n) is 3.63. The Morgan fingerprint density at radius 3 is 2.47 bits per heavy atom. The molecule has 0 aromatic heterocycles. The molecule has 1 atom stereocenters. The molecular weight excluding hydrogens is 194 g/mol. The van der Waals surface area contributed by atoms with E-state index in [-0.39, 0.29) is 12.5 Å². The number of nitrogens with one attached hydrogen (secondary N) is 1. The molecule has 0 fully saturated rings. The molecule has 1 unspecified atom stereocenters. The van der Waals surface area contributed by atoms with Crippen molar-refractivity contribution < 1.29 is 9.59 Å². The summed E-state index contributed by atoms with van der Waals surface area (Å²) in [6.45, 7) is 2.66. The zero-order valence-corrected chi connectivity index (χ0v) is 9.29. The van der Waals surface area contributed by atoms with E-state index >= 15 is 0 Å². The van der Waals surface area contributed by atoms with E-state index in [0.717, 1.165) is 19.3 Å². The summed E-state index contributed by atoms with van der Waals surface area (Å²) in [4.78, 5) is 21.6. The van der Waals surface area contributed by atoms with Crippen molar-refractivity contribution in [1.29, 1.82) is 0 Å². The third-order valence-electron chi connectivity index (χ3n) is 2.39. The van der Waals surface area contributed by atoms with Gasteiger partial charge in [-0.1, -0.05) is 13.3 Å². The van der Waals surface area contributed by atoms with Gasteiger partial charge in [0.25, 0.3) is 0 Å². The van der Waals surface area contributed by atoms with Crippen molar-refractivity contribution in [3.63, 3.8) is 0 Å². The van der Waals surface area contributed by atoms with Crippen LogP contribution in [0.4, 0.5) is 0 Å². The molecule has 5 nitrogen and oxygen atoms in total. The van der Waals surface area contributed by atoms with Crippen LogP contribution in [-0.4, -0.2) is 24.9 Å². The van der Waals surface area contributed by atoms with Crippen LogP contribution in [0.3, 0.4) is 0 Å². The molecule has 0 bridgehead atoms. The van der Waals surface area contributed by atoms with Crippen LogP contribution in [0.5, 0.6) is 0 Å². The highest BCUT2D eigenvalue weighted by molar-refractivity contribution is 5.83. The lowest BCUT2D eigenvalue weighted by atomic mass is 9.96. The molecule has 0 aromatic rings. The first-order valence-corrected chi connectivity index (χ1v) is 5.35. The zero-order chi connectivity index (χ0) is 11.7. The van der Waals surface area contributed by atoms with Crippen LogP contribution < -0.4 is 16.8 Å². The maximum Gasteiger partial charge on any atom is 0.236 e. The predicted octanol–water partition coefficient (Wildman–Crippen LogP) is -0.257. The van der Waals surface area contributed by atoms with E-state index < -0.39 is 5.91 Å². The molecule has 0 spiro atoms. The van der Waals surface area contributed by atoms with E-state index in [0.29, 0.717) is 18.9 Å². The monoisotopic (exact) mass is 215 g/mol. The summed E-state index contributed by atoms with van der Waals surface area (Å²) in [6.07, 6.45) is 3.23. The average molecular weight is 215 g/mol. The molecule has 5 N–H and O–H groups in total. The topological polar surface area (TPSA) is 98.2 Å². The van der Waals surface area contributed by atoms with Crippen molar-refractivity contribution in [2.75, 3.05) is 13.1 Å². The van der Waals surface area contributed by atoms with Crippen LogP contribution >= 0.6 is 0 Å². The number of carbonyl (C=O) groups excluding carboxylic acids is 2. The fourth-order valence-electron chi connectivity index (χ4n) is 1.40. The summed E-state index contributed by atoms with van der Waals surface area (Å²) in [5.41, 5.74) is 10.3. The van der Waals surface area contributed by atoms with Gasteiger partial charge in [-0.05, 0) is 25.3 Å². The maximum atomic E-state index is 11.2. The minimum atomic E-state index is -0.516. The molecule has 0 aliphatic heterocycles. The van der Waals surface area contributed by atoms with Crippen LogP contribution in [-0.2, 0) is 9.59 Å². The molecular formula is C10H21N3O2. The Balaban J connectivity index is 3.63. The van der Waals surface area contributed by atoms with Gasteiger partial charge in [-0.3, -0.25) is 9.59 Å². The molecule has 0 rings (SSSR count). The van der Waals surface area contributed by atoms with Gasteiger partial charge in [-0.25, -0.2) is 0 Å². The molecule has 0 radical (unpaired) electrons. The maximum absolute atomic E-state index is 11.2. The molecule has 2 amide bonds. The van der Waals surface area contributed by atoms with E-state index in [1.807, 2.05) is 0 Å². The molecule has 15 heavy (non-hydrogen) atoms. The fourth-order valence-corrected chi connectivity index (χ4v) is 1.40. The summed E-state index contributed by atoms with van der Waals surface area (Å²) < 4.78 is 0. The second-order valence-corrected chi connectivity index (χ2v) is 3.63. The van der Waals surface area contributed by atoms with Gasteiger partial charge in [0, 0.05) is 6.42 Å². The van der Waals surface area contributed by atoms with Gasteiger partial charge >= 0.3 is 0 Å². The van der Waals surface area contributed by atoms with Gasteiger partial charge in [0.2, 0.25) is 11.8 Å². The molecule has 88 valence electrons. The molecule has 0 aliphatic rings. The van der Waals surface area contributed by atoms with Gasteiger partial charge in [0.1, 0.15) is 0 Å². The lowest BCUT2D eigenvalue weighted by Gasteiger charge is -2.12. The van der Waals surface area contributed by atoms with Gasteiger partial charge in [-0.2, -0.15) is 0 Å². The van der Waals surface area contributed by atoms with E-state index in [1.54, 1.807) is 0 Å². The minimum absolute atomic E-state index is 0.0769. The number of hydrogen-bond donors (Lipinski definition) is 3. The Morgan fingerprint density at radius 1 is 1.33 bits per heavy atom. The molecule has 0 aliphatic carbocycles. The van der Waals surface area contributed by atoms with Gasteiger partial charge in [-0.15, -0.1) is 0 Å². The molecule has 0 saturated heterocycles. The Bertz CT molecular complexity index is 207. The van der Waals surface area contributed by atoms with Crippen molar-refractivity contribution in [2.24, 2.45) is 17.4 Å². The quantitative estimate of drug-likeness (QED) is 0.520. The highest BCUT2D eigenvalue weighted by atomic mass is 16.2. The third kappa shape index (κ3) is 7.93. The van der Waals surface area contributed by atoms with Crippen LogP contribution in [0.1, 0.15) is 32.6 Å². The first-order valence-electron chi connectivity index (χ1n) is 5.35. The minimum Gasteiger partial charge on any atom is -0.368 e. The Hall–Kier alpha value is -1.10. The van der Waals surface area contributed by atoms with Crippen molar-refractivity contribution in [3.8, 4) is 0 Å². The summed E-state index contributed by atoms with van der Waals surface area (Å²) in [7, 11) is 0. The number of nitrogens with two attached hydrogens (primary N) is 2. The van der Waals surface area contributed by atoms with Crippen LogP contribution in [0.15, 0.2) is 0 Å². The van der Waals surface area contributed by atoms with E-state index in [1.165, 1.54) is 0 Å². The Kier molecular flexibility index (Phi) is 7.62. The first-order chi connectivity index (χ1) is 7.10. The number of amides is 2. The molecule has 5 heteroatoms. The summed E-state index contributed by atoms with van der Waals surface area (Å²) in [5.74, 6) is -0.143. The molecule has 0 saturated carbocycles. The third-order valence-corrected chi connectivity index (χ3v) is 2.39. The van der Waals surface area contributed by atoms with E-state index in [4.69, 9.17) is 11.5 Å². The normalized spacial score (nSPS) is 12.1. The smallest absolute Gasteiger partial charge is 0.236 e. The van der Waals surface area contributed by atoms with Gasteiger partial charge < -0.3 is 16.8 Å². The lowest BCUT2D eigenvalue weighted by Crippen LogP contribution is -2.33. The standard InChI is InChI=1S/C10H21N3O2/c1-2-8(5-6-11)3-4-10(15)13-7-9(12)14/h8H,2-7,11H2,1H3,(H2,12,14)(H,13,15). The largest absolute Gasteiger partial charge is 0.368 e. The SMILES string of the molecule is CCC(CCN)CCC(=O)NCC(N)=O. The average Bonchev–Trinajstić information content (AvgIpc) is 2.21. The van der Waals surface area contributed by atoms with Crippen LogP contribution in [0.2, 0.25) is 0 Å². The summed E-state index contributed by atoms with van der Waals surface area (Å²) >= 11 is 0. The Morgan fingerprint density at radius 2 is 2.00 bits per heavy atom. The molecule has 0 heterocycles. The second kappa shape index (κ2) is 8.23. The number of hydrogen-bond acceptors (Lipinski definition) is 3. The highest BCUT2D eigenvalue weighted by Gasteiger charge is 2.09. The lowest BCUT2D eigenvalue weighted by molar-refractivity contribution is -0.125. The van der Waals surface area contributed by atoms with Crippen molar-refractivity contribution in [1.82, 2.24) is 5.32 Å². The van der Waals surface area contributed by atoms with Crippen LogP contribution in [0, 0.1) is 5.92 Å². The number of primary amides is 1. The van der Waals surface area contributed by atoms with Crippen LogP contribution in [0.25, 0.3) is 0 Å². The highest BCUT2D eigenvalue weighted by Crippen LogP contribution is 2.13.